The van der Waals surface area contributed by atoms with E-state index in [1.54, 1.807) is 13.8 Å². The summed E-state index contributed by atoms with van der Waals surface area (Å²) in [6.45, 7) is 4.18. The van der Waals surface area contributed by atoms with E-state index >= 15 is 0 Å². The molecule has 0 saturated heterocycles. The number of carbonyl (C=O) groups excluding carboxylic acids is 2. The minimum Gasteiger partial charge on any atom is -0.466 e. The molecule has 0 aliphatic heterocycles. The molecule has 0 rings (SSSR count). The highest BCUT2D eigenvalue weighted by Crippen LogP contribution is 2.02. The zero-order chi connectivity index (χ0) is 11.7. The normalized spacial score (nSPS) is 11.9. The second-order valence-electron chi connectivity index (χ2n) is 3.06. The number of hydrogen-bond acceptors (Lipinski definition) is 5. The summed E-state index contributed by atoms with van der Waals surface area (Å²) in [6.07, 6.45) is 1.28. The molecule has 0 unspecified atom stereocenters. The second kappa shape index (κ2) is 8.23. The first kappa shape index (κ1) is 13.9. The van der Waals surface area contributed by atoms with E-state index < -0.39 is 12.0 Å². The summed E-state index contributed by atoms with van der Waals surface area (Å²) in [5.74, 6) is -0.671. The Balaban J connectivity index is 3.58. The van der Waals surface area contributed by atoms with Crippen LogP contribution in [0.3, 0.4) is 0 Å². The fourth-order valence-corrected chi connectivity index (χ4v) is 1.07. The van der Waals surface area contributed by atoms with E-state index in [2.05, 4.69) is 0 Å². The Morgan fingerprint density at radius 1 is 1.20 bits per heavy atom. The van der Waals surface area contributed by atoms with Gasteiger partial charge in [-0.05, 0) is 26.7 Å². The molecule has 0 aliphatic carbocycles. The summed E-state index contributed by atoms with van der Waals surface area (Å²) < 4.78 is 9.46. The van der Waals surface area contributed by atoms with Gasteiger partial charge in [-0.15, -0.1) is 0 Å². The Morgan fingerprint density at radius 2 is 1.80 bits per heavy atom. The van der Waals surface area contributed by atoms with Gasteiger partial charge in [0.2, 0.25) is 0 Å². The molecule has 0 aromatic heterocycles. The van der Waals surface area contributed by atoms with Crippen molar-refractivity contribution in [1.82, 2.24) is 0 Å². The maximum atomic E-state index is 11.1. The summed E-state index contributed by atoms with van der Waals surface area (Å²) in [7, 11) is 0. The Labute approximate surface area is 89.9 Å². The van der Waals surface area contributed by atoms with Gasteiger partial charge in [-0.2, -0.15) is 0 Å². The summed E-state index contributed by atoms with van der Waals surface area (Å²) in [6, 6.07) is -0.639. The van der Waals surface area contributed by atoms with Crippen LogP contribution in [-0.4, -0.2) is 31.2 Å². The van der Waals surface area contributed by atoms with E-state index in [9.17, 15) is 9.59 Å². The first-order valence-electron chi connectivity index (χ1n) is 5.19. The lowest BCUT2D eigenvalue weighted by Gasteiger charge is -2.09. The van der Waals surface area contributed by atoms with Gasteiger partial charge in [-0.3, -0.25) is 9.59 Å². The van der Waals surface area contributed by atoms with E-state index in [4.69, 9.17) is 15.2 Å². The molecule has 0 bridgehead atoms. The monoisotopic (exact) mass is 217 g/mol. The predicted molar refractivity (Wildman–Crippen MR) is 55.1 cm³/mol. The van der Waals surface area contributed by atoms with Crippen LogP contribution in [0.4, 0.5) is 0 Å². The molecule has 15 heavy (non-hydrogen) atoms. The molecule has 0 amide bonds. The van der Waals surface area contributed by atoms with Crippen LogP contribution in [0.25, 0.3) is 0 Å². The summed E-state index contributed by atoms with van der Waals surface area (Å²) in [4.78, 5) is 22.0. The molecule has 0 spiro atoms. The van der Waals surface area contributed by atoms with Crippen molar-refractivity contribution >= 4 is 11.9 Å². The van der Waals surface area contributed by atoms with E-state index in [-0.39, 0.29) is 5.97 Å². The van der Waals surface area contributed by atoms with Crippen LogP contribution in [0.1, 0.15) is 33.1 Å². The molecule has 0 radical (unpaired) electrons. The van der Waals surface area contributed by atoms with Crippen molar-refractivity contribution in [2.45, 2.75) is 39.2 Å². The molecule has 5 nitrogen and oxygen atoms in total. The fourth-order valence-electron chi connectivity index (χ4n) is 1.07. The molecule has 0 heterocycles. The highest BCUT2D eigenvalue weighted by molar-refractivity contribution is 5.75. The number of hydrogen-bond donors (Lipinski definition) is 1. The molecule has 5 heteroatoms. The fraction of sp³-hybridized carbons (Fsp3) is 0.800. The van der Waals surface area contributed by atoms with Crippen molar-refractivity contribution in [3.05, 3.63) is 0 Å². The van der Waals surface area contributed by atoms with Crippen LogP contribution >= 0.6 is 0 Å². The number of esters is 2. The third-order valence-electron chi connectivity index (χ3n) is 1.79. The number of nitrogens with two attached hydrogens (primary N) is 1. The molecule has 0 saturated carbocycles. The number of rotatable bonds is 7. The zero-order valence-electron chi connectivity index (χ0n) is 9.32. The molecule has 0 aliphatic rings. The lowest BCUT2D eigenvalue weighted by molar-refractivity contribution is -0.146. The van der Waals surface area contributed by atoms with E-state index in [0.29, 0.717) is 32.5 Å². The van der Waals surface area contributed by atoms with Crippen LogP contribution in [0.5, 0.6) is 0 Å². The van der Waals surface area contributed by atoms with Crippen molar-refractivity contribution < 1.29 is 19.1 Å². The molecule has 1 atom stereocenters. The van der Waals surface area contributed by atoms with Crippen LogP contribution in [0, 0.1) is 0 Å². The van der Waals surface area contributed by atoms with E-state index in [1.807, 2.05) is 0 Å². The first-order chi connectivity index (χ1) is 7.11. The lowest BCUT2D eigenvalue weighted by atomic mass is 10.1. The largest absolute Gasteiger partial charge is 0.466 e. The van der Waals surface area contributed by atoms with Gasteiger partial charge in [0.05, 0.1) is 13.2 Å². The van der Waals surface area contributed by atoms with E-state index in [0.717, 1.165) is 0 Å². The Kier molecular flexibility index (Phi) is 7.62. The standard InChI is InChI=1S/C10H19NO4/c1-3-14-9(12)7-5-6-8(11)10(13)15-4-2/h8H,3-7,11H2,1-2H3/t8-/m0/s1. The molecule has 0 fully saturated rings. The Bertz CT molecular complexity index is 206. The van der Waals surface area contributed by atoms with Gasteiger partial charge in [-0.1, -0.05) is 0 Å². The van der Waals surface area contributed by atoms with Crippen molar-refractivity contribution in [2.24, 2.45) is 5.73 Å². The topological polar surface area (TPSA) is 78.6 Å². The average Bonchev–Trinajstić information content (AvgIpc) is 2.18. The maximum absolute atomic E-state index is 11.1. The minimum atomic E-state index is -0.639. The summed E-state index contributed by atoms with van der Waals surface area (Å²) >= 11 is 0. The molecule has 0 aromatic rings. The van der Waals surface area contributed by atoms with Crippen LogP contribution in [0.15, 0.2) is 0 Å². The third-order valence-corrected chi connectivity index (χ3v) is 1.79. The van der Waals surface area contributed by atoms with Crippen LogP contribution < -0.4 is 5.73 Å². The van der Waals surface area contributed by atoms with Crippen LogP contribution in [-0.2, 0) is 19.1 Å². The van der Waals surface area contributed by atoms with Crippen molar-refractivity contribution in [3.63, 3.8) is 0 Å². The van der Waals surface area contributed by atoms with E-state index in [1.165, 1.54) is 0 Å². The van der Waals surface area contributed by atoms with Crippen LogP contribution in [0.2, 0.25) is 0 Å². The smallest absolute Gasteiger partial charge is 0.322 e. The maximum Gasteiger partial charge on any atom is 0.322 e. The molecular formula is C10H19NO4. The summed E-state index contributed by atoms with van der Waals surface area (Å²) in [5, 5.41) is 0. The van der Waals surface area contributed by atoms with Gasteiger partial charge >= 0.3 is 11.9 Å². The Morgan fingerprint density at radius 3 is 2.33 bits per heavy atom. The number of ether oxygens (including phenoxy) is 2. The van der Waals surface area contributed by atoms with Crippen molar-refractivity contribution in [3.8, 4) is 0 Å². The van der Waals surface area contributed by atoms with Gasteiger partial charge in [0.1, 0.15) is 6.04 Å². The lowest BCUT2D eigenvalue weighted by Crippen LogP contribution is -2.32. The molecular weight excluding hydrogens is 198 g/mol. The van der Waals surface area contributed by atoms with Gasteiger partial charge in [-0.25, -0.2) is 0 Å². The van der Waals surface area contributed by atoms with Gasteiger partial charge in [0.25, 0.3) is 0 Å². The molecule has 2 N–H and O–H groups in total. The van der Waals surface area contributed by atoms with Gasteiger partial charge in [0, 0.05) is 6.42 Å². The highest BCUT2D eigenvalue weighted by atomic mass is 16.5. The minimum absolute atomic E-state index is 0.256. The van der Waals surface area contributed by atoms with Gasteiger partial charge in [0.15, 0.2) is 0 Å². The molecule has 88 valence electrons. The number of carbonyl (C=O) groups is 2. The summed E-state index contributed by atoms with van der Waals surface area (Å²) in [5.41, 5.74) is 5.54. The quantitative estimate of drug-likeness (QED) is 0.632. The SMILES string of the molecule is CCOC(=O)CCC[C@H](N)C(=O)OCC. The van der Waals surface area contributed by atoms with Gasteiger partial charge < -0.3 is 15.2 Å². The molecule has 0 aromatic carbocycles. The second-order valence-corrected chi connectivity index (χ2v) is 3.06. The zero-order valence-corrected chi connectivity index (χ0v) is 9.32. The van der Waals surface area contributed by atoms with Crippen molar-refractivity contribution in [1.29, 1.82) is 0 Å². The van der Waals surface area contributed by atoms with Crippen molar-refractivity contribution in [2.75, 3.05) is 13.2 Å². The Hall–Kier alpha value is -1.10. The first-order valence-corrected chi connectivity index (χ1v) is 5.19. The third kappa shape index (κ3) is 6.90. The predicted octanol–water partition coefficient (Wildman–Crippen LogP) is 0.610. The average molecular weight is 217 g/mol. The highest BCUT2D eigenvalue weighted by Gasteiger charge is 2.14.